The van der Waals surface area contributed by atoms with Gasteiger partial charge in [-0.3, -0.25) is 14.5 Å². The maximum absolute atomic E-state index is 12.3. The zero-order chi connectivity index (χ0) is 19.2. The number of likely N-dealkylation sites (tertiary alicyclic amines) is 1. The Morgan fingerprint density at radius 1 is 1.26 bits per heavy atom. The van der Waals surface area contributed by atoms with Crippen molar-refractivity contribution >= 4 is 11.8 Å². The molecule has 2 amide bonds. The normalized spacial score (nSPS) is 17.2. The number of carbonyl (C=O) groups is 2. The second-order valence-corrected chi connectivity index (χ2v) is 8.22. The highest BCUT2D eigenvalue weighted by Crippen LogP contribution is 2.28. The van der Waals surface area contributed by atoms with Crippen LogP contribution in [0.15, 0.2) is 24.3 Å². The molecule has 1 saturated carbocycles. The maximum Gasteiger partial charge on any atom is 0.234 e. The number of rotatable bonds is 10. The van der Waals surface area contributed by atoms with Gasteiger partial charge >= 0.3 is 0 Å². The smallest absolute Gasteiger partial charge is 0.234 e. The average Bonchev–Trinajstić information content (AvgIpc) is 3.41. The van der Waals surface area contributed by atoms with E-state index in [2.05, 4.69) is 48.3 Å². The molecule has 0 radical (unpaired) electrons. The highest BCUT2D eigenvalue weighted by molar-refractivity contribution is 5.78. The summed E-state index contributed by atoms with van der Waals surface area (Å²) in [5.41, 5.74) is 2.62. The first-order chi connectivity index (χ1) is 13.0. The van der Waals surface area contributed by atoms with Crippen LogP contribution in [0.3, 0.4) is 0 Å². The first-order valence-corrected chi connectivity index (χ1v) is 10.4. The maximum atomic E-state index is 12.3. The van der Waals surface area contributed by atoms with Gasteiger partial charge in [-0.2, -0.15) is 0 Å². The molecular formula is C22H33N3O2. The monoisotopic (exact) mass is 371 g/mol. The van der Waals surface area contributed by atoms with Gasteiger partial charge in [-0.1, -0.05) is 38.1 Å². The first-order valence-electron chi connectivity index (χ1n) is 10.4. The summed E-state index contributed by atoms with van der Waals surface area (Å²) >= 11 is 0. The van der Waals surface area contributed by atoms with Gasteiger partial charge in [0, 0.05) is 38.6 Å². The molecule has 1 aromatic rings. The predicted molar refractivity (Wildman–Crippen MR) is 107 cm³/mol. The highest BCUT2D eigenvalue weighted by Gasteiger charge is 2.30. The van der Waals surface area contributed by atoms with E-state index in [1.165, 1.54) is 24.0 Å². The number of hydrogen-bond acceptors (Lipinski definition) is 3. The van der Waals surface area contributed by atoms with E-state index in [0.717, 1.165) is 32.5 Å². The number of nitrogens with one attached hydrogen (secondary N) is 1. The Balaban J connectivity index is 1.40. The third-order valence-electron chi connectivity index (χ3n) is 5.54. The second-order valence-electron chi connectivity index (χ2n) is 8.22. The summed E-state index contributed by atoms with van der Waals surface area (Å²) in [7, 11) is 0. The fraction of sp³-hybridized carbons (Fsp3) is 0.636. The van der Waals surface area contributed by atoms with Crippen LogP contribution >= 0.6 is 0 Å². The lowest BCUT2D eigenvalue weighted by atomic mass is 10.0. The van der Waals surface area contributed by atoms with E-state index in [0.29, 0.717) is 31.5 Å². The van der Waals surface area contributed by atoms with Crippen LogP contribution in [0.2, 0.25) is 0 Å². The molecule has 2 aliphatic rings. The number of hydrogen-bond donors (Lipinski definition) is 1. The minimum absolute atomic E-state index is 0.0912. The van der Waals surface area contributed by atoms with E-state index in [1.54, 1.807) is 0 Å². The lowest BCUT2D eigenvalue weighted by molar-refractivity contribution is -0.127. The molecule has 1 heterocycles. The number of benzene rings is 1. The van der Waals surface area contributed by atoms with E-state index in [4.69, 9.17) is 0 Å². The standard InChI is InChI=1S/C22H33N3O2/c1-17(2)19-8-6-18(7-9-19)15-25(20-10-11-20)16-21(26)23-12-4-14-24-13-3-5-22(24)27/h6-9,17,20H,3-5,10-16H2,1-2H3,(H,23,26). The van der Waals surface area contributed by atoms with Crippen LogP contribution in [0.5, 0.6) is 0 Å². The van der Waals surface area contributed by atoms with Crippen LogP contribution < -0.4 is 5.32 Å². The third kappa shape index (κ3) is 6.06. The Morgan fingerprint density at radius 3 is 2.59 bits per heavy atom. The predicted octanol–water partition coefficient (Wildman–Crippen LogP) is 2.90. The van der Waals surface area contributed by atoms with Crippen molar-refractivity contribution in [2.45, 2.75) is 64.5 Å². The van der Waals surface area contributed by atoms with Gasteiger partial charge in [-0.15, -0.1) is 0 Å². The van der Waals surface area contributed by atoms with Crippen molar-refractivity contribution in [1.29, 1.82) is 0 Å². The molecule has 148 valence electrons. The van der Waals surface area contributed by atoms with Gasteiger partial charge in [0.2, 0.25) is 11.8 Å². The van der Waals surface area contributed by atoms with Crippen LogP contribution in [-0.4, -0.2) is 53.8 Å². The quantitative estimate of drug-likeness (QED) is 0.644. The molecule has 1 aliphatic heterocycles. The van der Waals surface area contributed by atoms with Crippen LogP contribution in [0.4, 0.5) is 0 Å². The molecule has 0 aromatic heterocycles. The Bertz CT molecular complexity index is 637. The minimum Gasteiger partial charge on any atom is -0.355 e. The molecule has 5 nitrogen and oxygen atoms in total. The number of nitrogens with zero attached hydrogens (tertiary/aromatic N) is 2. The SMILES string of the molecule is CC(C)c1ccc(CN(CC(=O)NCCCN2CCCC2=O)C2CC2)cc1. The summed E-state index contributed by atoms with van der Waals surface area (Å²) in [4.78, 5) is 28.1. The number of amides is 2. The Hall–Kier alpha value is -1.88. The van der Waals surface area contributed by atoms with E-state index in [-0.39, 0.29) is 11.8 Å². The Morgan fingerprint density at radius 2 is 2.00 bits per heavy atom. The van der Waals surface area contributed by atoms with Crippen LogP contribution in [-0.2, 0) is 16.1 Å². The van der Waals surface area contributed by atoms with E-state index in [9.17, 15) is 9.59 Å². The topological polar surface area (TPSA) is 52.7 Å². The molecule has 0 atom stereocenters. The molecule has 0 spiro atoms. The molecule has 1 N–H and O–H groups in total. The molecule has 0 unspecified atom stereocenters. The van der Waals surface area contributed by atoms with Gasteiger partial charge in [0.05, 0.1) is 6.54 Å². The Kier molecular flexibility index (Phi) is 6.89. The third-order valence-corrected chi connectivity index (χ3v) is 5.54. The lowest BCUT2D eigenvalue weighted by Crippen LogP contribution is -2.39. The highest BCUT2D eigenvalue weighted by atomic mass is 16.2. The van der Waals surface area contributed by atoms with Gasteiger partial charge in [0.25, 0.3) is 0 Å². The van der Waals surface area contributed by atoms with Crippen molar-refractivity contribution in [3.63, 3.8) is 0 Å². The largest absolute Gasteiger partial charge is 0.355 e. The second kappa shape index (κ2) is 9.36. The van der Waals surface area contributed by atoms with Crippen molar-refractivity contribution in [2.75, 3.05) is 26.2 Å². The van der Waals surface area contributed by atoms with Gasteiger partial charge in [-0.25, -0.2) is 0 Å². The molecule has 1 aliphatic carbocycles. The van der Waals surface area contributed by atoms with Gasteiger partial charge in [0.15, 0.2) is 0 Å². The first kappa shape index (κ1) is 19.9. The minimum atomic E-state index is 0.0912. The molecule has 1 saturated heterocycles. The molecule has 1 aromatic carbocycles. The summed E-state index contributed by atoms with van der Waals surface area (Å²) in [5.74, 6) is 0.887. The molecule has 3 rings (SSSR count). The average molecular weight is 372 g/mol. The van der Waals surface area contributed by atoms with Crippen molar-refractivity contribution in [3.05, 3.63) is 35.4 Å². The molecule has 0 bridgehead atoms. The fourth-order valence-corrected chi connectivity index (χ4v) is 3.67. The van der Waals surface area contributed by atoms with Crippen molar-refractivity contribution in [2.24, 2.45) is 0 Å². The van der Waals surface area contributed by atoms with Gasteiger partial charge < -0.3 is 10.2 Å². The Labute approximate surface area is 163 Å². The van der Waals surface area contributed by atoms with E-state index >= 15 is 0 Å². The zero-order valence-electron chi connectivity index (χ0n) is 16.7. The summed E-state index contributed by atoms with van der Waals surface area (Å²) in [5, 5.41) is 3.03. The van der Waals surface area contributed by atoms with Crippen LogP contribution in [0.25, 0.3) is 0 Å². The fourth-order valence-electron chi connectivity index (χ4n) is 3.67. The van der Waals surface area contributed by atoms with E-state index in [1.807, 2.05) is 4.90 Å². The molecular weight excluding hydrogens is 338 g/mol. The summed E-state index contributed by atoms with van der Waals surface area (Å²) in [6.45, 7) is 7.97. The van der Waals surface area contributed by atoms with Gasteiger partial charge in [-0.05, 0) is 42.7 Å². The van der Waals surface area contributed by atoms with E-state index < -0.39 is 0 Å². The molecule has 2 fully saturated rings. The van der Waals surface area contributed by atoms with Crippen LogP contribution in [0.1, 0.15) is 63.0 Å². The summed E-state index contributed by atoms with van der Waals surface area (Å²) in [6.07, 6.45) is 4.86. The van der Waals surface area contributed by atoms with Crippen molar-refractivity contribution in [1.82, 2.24) is 15.1 Å². The van der Waals surface area contributed by atoms with Crippen LogP contribution in [0, 0.1) is 0 Å². The zero-order valence-corrected chi connectivity index (χ0v) is 16.7. The van der Waals surface area contributed by atoms with Crippen molar-refractivity contribution < 1.29 is 9.59 Å². The number of carbonyl (C=O) groups excluding carboxylic acids is 2. The van der Waals surface area contributed by atoms with Gasteiger partial charge in [0.1, 0.15) is 0 Å². The summed E-state index contributed by atoms with van der Waals surface area (Å²) in [6, 6.07) is 9.32. The molecule has 27 heavy (non-hydrogen) atoms. The molecule has 5 heteroatoms. The summed E-state index contributed by atoms with van der Waals surface area (Å²) < 4.78 is 0. The van der Waals surface area contributed by atoms with Crippen molar-refractivity contribution in [3.8, 4) is 0 Å². The lowest BCUT2D eigenvalue weighted by Gasteiger charge is -2.22.